The lowest BCUT2D eigenvalue weighted by Crippen LogP contribution is -2.58. The SMILES string of the molecule is Cc1nn(C)c(C(=O)NC2(C(=O)O)CCCC(C)(C)C2)c1Cl. The fourth-order valence-electron chi connectivity index (χ4n) is 3.36. The van der Waals surface area contributed by atoms with Gasteiger partial charge in [-0.2, -0.15) is 5.10 Å². The number of hydrogen-bond donors (Lipinski definition) is 2. The first-order chi connectivity index (χ1) is 10.1. The Balaban J connectivity index is 2.32. The van der Waals surface area contributed by atoms with Gasteiger partial charge in [0.15, 0.2) is 0 Å². The zero-order valence-corrected chi connectivity index (χ0v) is 14.1. The Bertz CT molecular complexity index is 624. The largest absolute Gasteiger partial charge is 0.480 e. The average molecular weight is 328 g/mol. The molecular formula is C15H22ClN3O3. The second-order valence-electron chi connectivity index (χ2n) is 6.91. The van der Waals surface area contributed by atoms with Crippen LogP contribution in [0, 0.1) is 12.3 Å². The molecule has 1 aromatic rings. The standard InChI is InChI=1S/C15H22ClN3O3/c1-9-10(16)11(19(4)18-9)12(20)17-15(13(21)22)7-5-6-14(2,3)8-15/h5-8H2,1-4H3,(H,17,20)(H,21,22). The van der Waals surface area contributed by atoms with Gasteiger partial charge in [-0.05, 0) is 38.0 Å². The van der Waals surface area contributed by atoms with Crippen LogP contribution in [-0.2, 0) is 11.8 Å². The fourth-order valence-corrected chi connectivity index (χ4v) is 3.61. The molecule has 1 unspecified atom stereocenters. The van der Waals surface area contributed by atoms with Crippen LogP contribution in [-0.4, -0.2) is 32.3 Å². The molecule has 22 heavy (non-hydrogen) atoms. The number of carbonyl (C=O) groups excluding carboxylic acids is 1. The molecule has 0 aromatic carbocycles. The number of carboxylic acid groups (broad SMARTS) is 1. The van der Waals surface area contributed by atoms with Crippen molar-refractivity contribution in [1.29, 1.82) is 0 Å². The summed E-state index contributed by atoms with van der Waals surface area (Å²) >= 11 is 6.12. The van der Waals surface area contributed by atoms with Crippen LogP contribution in [0.1, 0.15) is 55.7 Å². The Kier molecular flexibility index (Phi) is 4.26. The second-order valence-corrected chi connectivity index (χ2v) is 7.29. The molecule has 7 heteroatoms. The van der Waals surface area contributed by atoms with E-state index in [0.717, 1.165) is 12.8 Å². The molecule has 0 aliphatic heterocycles. The Morgan fingerprint density at radius 2 is 2.00 bits per heavy atom. The molecule has 1 amide bonds. The molecule has 0 saturated heterocycles. The van der Waals surface area contributed by atoms with Crippen molar-refractivity contribution < 1.29 is 14.7 Å². The zero-order chi connectivity index (χ0) is 16.7. The van der Waals surface area contributed by atoms with Crippen molar-refractivity contribution in [1.82, 2.24) is 15.1 Å². The zero-order valence-electron chi connectivity index (χ0n) is 13.4. The predicted octanol–water partition coefficient (Wildman–Crippen LogP) is 2.54. The number of aryl methyl sites for hydroxylation is 2. The van der Waals surface area contributed by atoms with Gasteiger partial charge >= 0.3 is 5.97 Å². The first kappa shape index (κ1) is 16.8. The lowest BCUT2D eigenvalue weighted by atomic mass is 9.68. The summed E-state index contributed by atoms with van der Waals surface area (Å²) in [6, 6.07) is 0. The van der Waals surface area contributed by atoms with Gasteiger partial charge < -0.3 is 10.4 Å². The van der Waals surface area contributed by atoms with Gasteiger partial charge in [-0.15, -0.1) is 0 Å². The van der Waals surface area contributed by atoms with E-state index in [0.29, 0.717) is 18.5 Å². The number of carboxylic acids is 1. The number of amides is 1. The van der Waals surface area contributed by atoms with Crippen LogP contribution < -0.4 is 5.32 Å². The molecule has 1 saturated carbocycles. The maximum absolute atomic E-state index is 12.6. The summed E-state index contributed by atoms with van der Waals surface area (Å²) in [7, 11) is 1.62. The van der Waals surface area contributed by atoms with Gasteiger partial charge in [-0.1, -0.05) is 25.4 Å². The first-order valence-corrected chi connectivity index (χ1v) is 7.71. The quantitative estimate of drug-likeness (QED) is 0.893. The summed E-state index contributed by atoms with van der Waals surface area (Å²) in [4.78, 5) is 24.4. The minimum atomic E-state index is -1.25. The summed E-state index contributed by atoms with van der Waals surface area (Å²) in [5.41, 5.74) is -0.637. The molecule has 2 rings (SSSR count). The average Bonchev–Trinajstić information content (AvgIpc) is 2.61. The van der Waals surface area contributed by atoms with Crippen molar-refractivity contribution in [2.24, 2.45) is 12.5 Å². The van der Waals surface area contributed by atoms with E-state index in [9.17, 15) is 14.7 Å². The number of halogens is 1. The molecule has 2 N–H and O–H groups in total. The van der Waals surface area contributed by atoms with E-state index >= 15 is 0 Å². The summed E-state index contributed by atoms with van der Waals surface area (Å²) in [5.74, 6) is -1.49. The van der Waals surface area contributed by atoms with Crippen LogP contribution in [0.25, 0.3) is 0 Å². The van der Waals surface area contributed by atoms with Crippen molar-refractivity contribution in [3.8, 4) is 0 Å². The lowest BCUT2D eigenvalue weighted by Gasteiger charge is -2.42. The van der Waals surface area contributed by atoms with Crippen LogP contribution in [0.5, 0.6) is 0 Å². The van der Waals surface area contributed by atoms with Crippen LogP contribution in [0.4, 0.5) is 0 Å². The minimum Gasteiger partial charge on any atom is -0.480 e. The van der Waals surface area contributed by atoms with Crippen LogP contribution in [0.2, 0.25) is 5.02 Å². The molecule has 1 aliphatic carbocycles. The van der Waals surface area contributed by atoms with Crippen molar-refractivity contribution >= 4 is 23.5 Å². The molecule has 0 bridgehead atoms. The van der Waals surface area contributed by atoms with Crippen molar-refractivity contribution in [2.75, 3.05) is 0 Å². The normalized spacial score (nSPS) is 24.0. The third kappa shape index (κ3) is 2.97. The maximum atomic E-state index is 12.6. The van der Waals surface area contributed by atoms with Crippen molar-refractivity contribution in [2.45, 2.75) is 52.0 Å². The number of nitrogens with zero attached hydrogens (tertiary/aromatic N) is 2. The van der Waals surface area contributed by atoms with E-state index in [4.69, 9.17) is 11.6 Å². The van der Waals surface area contributed by atoms with Crippen molar-refractivity contribution in [3.05, 3.63) is 16.4 Å². The number of nitrogens with one attached hydrogen (secondary N) is 1. The number of carbonyl (C=O) groups is 2. The topological polar surface area (TPSA) is 84.2 Å². The highest BCUT2D eigenvalue weighted by Crippen LogP contribution is 2.41. The van der Waals surface area contributed by atoms with E-state index in [1.165, 1.54) is 4.68 Å². The molecule has 1 aromatic heterocycles. The molecule has 1 aliphatic rings. The smallest absolute Gasteiger partial charge is 0.329 e. The monoisotopic (exact) mass is 327 g/mol. The fraction of sp³-hybridized carbons (Fsp3) is 0.667. The van der Waals surface area contributed by atoms with Gasteiger partial charge in [-0.25, -0.2) is 4.79 Å². The molecule has 6 nitrogen and oxygen atoms in total. The Morgan fingerprint density at radius 1 is 1.36 bits per heavy atom. The molecule has 0 spiro atoms. The van der Waals surface area contributed by atoms with E-state index in [-0.39, 0.29) is 16.1 Å². The van der Waals surface area contributed by atoms with E-state index in [1.807, 2.05) is 13.8 Å². The van der Waals surface area contributed by atoms with E-state index in [1.54, 1.807) is 14.0 Å². The predicted molar refractivity (Wildman–Crippen MR) is 83.0 cm³/mol. The van der Waals surface area contributed by atoms with Crippen molar-refractivity contribution in [3.63, 3.8) is 0 Å². The van der Waals surface area contributed by atoms with E-state index < -0.39 is 17.4 Å². The molecule has 122 valence electrons. The molecule has 1 atom stereocenters. The summed E-state index contributed by atoms with van der Waals surface area (Å²) in [6.45, 7) is 5.75. The highest BCUT2D eigenvalue weighted by atomic mass is 35.5. The number of aromatic nitrogens is 2. The Morgan fingerprint density at radius 3 is 2.45 bits per heavy atom. The van der Waals surface area contributed by atoms with E-state index in [2.05, 4.69) is 10.4 Å². The van der Waals surface area contributed by atoms with Gasteiger partial charge in [0.2, 0.25) is 0 Å². The number of rotatable bonds is 3. The second kappa shape index (κ2) is 5.57. The highest BCUT2D eigenvalue weighted by molar-refractivity contribution is 6.34. The maximum Gasteiger partial charge on any atom is 0.329 e. The van der Waals surface area contributed by atoms with Gasteiger partial charge in [0, 0.05) is 7.05 Å². The summed E-state index contributed by atoms with van der Waals surface area (Å²) < 4.78 is 1.39. The number of hydrogen-bond acceptors (Lipinski definition) is 3. The van der Waals surface area contributed by atoms with Gasteiger partial charge in [-0.3, -0.25) is 9.48 Å². The van der Waals surface area contributed by atoms with Crippen LogP contribution >= 0.6 is 11.6 Å². The van der Waals surface area contributed by atoms with Gasteiger partial charge in [0.1, 0.15) is 11.2 Å². The lowest BCUT2D eigenvalue weighted by molar-refractivity contribution is -0.147. The van der Waals surface area contributed by atoms with Gasteiger partial charge in [0.05, 0.1) is 10.7 Å². The molecule has 1 heterocycles. The Hall–Kier alpha value is -1.56. The van der Waals surface area contributed by atoms with Crippen LogP contribution in [0.15, 0.2) is 0 Å². The molecular weight excluding hydrogens is 306 g/mol. The molecule has 1 fully saturated rings. The molecule has 0 radical (unpaired) electrons. The number of aliphatic carboxylic acids is 1. The summed E-state index contributed by atoms with van der Waals surface area (Å²) in [5, 5.41) is 16.8. The van der Waals surface area contributed by atoms with Gasteiger partial charge in [0.25, 0.3) is 5.91 Å². The highest BCUT2D eigenvalue weighted by Gasteiger charge is 2.47. The third-order valence-electron chi connectivity index (χ3n) is 4.36. The van der Waals surface area contributed by atoms with Crippen LogP contribution in [0.3, 0.4) is 0 Å². The summed E-state index contributed by atoms with van der Waals surface area (Å²) in [6.07, 6.45) is 2.53. The Labute approximate surface area is 134 Å². The minimum absolute atomic E-state index is 0.129. The third-order valence-corrected chi connectivity index (χ3v) is 4.82. The first-order valence-electron chi connectivity index (χ1n) is 7.33.